The molecule has 1 atom stereocenters. The van der Waals surface area contributed by atoms with Crippen LogP contribution in [0.5, 0.6) is 5.75 Å². The van der Waals surface area contributed by atoms with Gasteiger partial charge in [0.1, 0.15) is 11.5 Å². The highest BCUT2D eigenvalue weighted by atomic mass is 16.5. The number of imidazole rings is 1. The molecule has 86 valence electrons. The summed E-state index contributed by atoms with van der Waals surface area (Å²) in [6, 6.07) is 0. The third-order valence-corrected chi connectivity index (χ3v) is 2.53. The molecule has 0 aliphatic rings. The predicted molar refractivity (Wildman–Crippen MR) is 57.0 cm³/mol. The van der Waals surface area contributed by atoms with Crippen molar-refractivity contribution in [3.8, 4) is 5.75 Å². The van der Waals surface area contributed by atoms with Crippen LogP contribution >= 0.6 is 0 Å². The fourth-order valence-electron chi connectivity index (χ4n) is 1.66. The van der Waals surface area contributed by atoms with Crippen molar-refractivity contribution >= 4 is 0 Å². The van der Waals surface area contributed by atoms with E-state index in [-0.39, 0.29) is 0 Å². The number of aromatic nitrogens is 4. The van der Waals surface area contributed by atoms with E-state index in [1.165, 1.54) is 0 Å². The van der Waals surface area contributed by atoms with Crippen molar-refractivity contribution in [1.82, 2.24) is 19.3 Å². The molecule has 0 aliphatic heterocycles. The van der Waals surface area contributed by atoms with Crippen LogP contribution in [0.25, 0.3) is 0 Å². The van der Waals surface area contributed by atoms with Crippen LogP contribution in [0, 0.1) is 0 Å². The number of methoxy groups -OCH3 is 1. The molecule has 0 amide bonds. The van der Waals surface area contributed by atoms with E-state index in [2.05, 4.69) is 10.1 Å². The first kappa shape index (κ1) is 10.7. The average Bonchev–Trinajstić information content (AvgIpc) is 2.83. The van der Waals surface area contributed by atoms with E-state index in [9.17, 15) is 5.11 Å². The molecule has 6 heteroatoms. The largest absolute Gasteiger partial charge is 0.493 e. The average molecular weight is 222 g/mol. The maximum atomic E-state index is 10.2. The van der Waals surface area contributed by atoms with E-state index in [1.807, 2.05) is 7.05 Å². The maximum Gasteiger partial charge on any atom is 0.163 e. The van der Waals surface area contributed by atoms with Gasteiger partial charge in [-0.15, -0.1) is 0 Å². The molecule has 0 aliphatic carbocycles. The number of aryl methyl sites for hydroxylation is 2. The van der Waals surface area contributed by atoms with Crippen molar-refractivity contribution in [2.45, 2.75) is 6.10 Å². The molecule has 0 fully saturated rings. The number of hydrogen-bond acceptors (Lipinski definition) is 4. The molecular formula is C10H14N4O2. The van der Waals surface area contributed by atoms with Crippen molar-refractivity contribution < 1.29 is 9.84 Å². The maximum absolute atomic E-state index is 10.2. The summed E-state index contributed by atoms with van der Waals surface area (Å²) in [5.41, 5.74) is 0.594. The monoisotopic (exact) mass is 222 g/mol. The third-order valence-electron chi connectivity index (χ3n) is 2.53. The van der Waals surface area contributed by atoms with E-state index >= 15 is 0 Å². The Bertz CT molecular complexity index is 489. The van der Waals surface area contributed by atoms with Crippen molar-refractivity contribution in [3.05, 3.63) is 30.1 Å². The van der Waals surface area contributed by atoms with Crippen LogP contribution in [-0.2, 0) is 14.1 Å². The lowest BCUT2D eigenvalue weighted by molar-refractivity contribution is 0.191. The Hall–Kier alpha value is -1.82. The zero-order chi connectivity index (χ0) is 11.7. The molecule has 2 rings (SSSR count). The summed E-state index contributed by atoms with van der Waals surface area (Å²) in [5.74, 6) is 1.11. The van der Waals surface area contributed by atoms with Crippen LogP contribution in [0.3, 0.4) is 0 Å². The van der Waals surface area contributed by atoms with Crippen molar-refractivity contribution in [1.29, 1.82) is 0 Å². The Morgan fingerprint density at radius 1 is 1.44 bits per heavy atom. The highest BCUT2D eigenvalue weighted by molar-refractivity contribution is 5.30. The van der Waals surface area contributed by atoms with E-state index in [1.54, 1.807) is 42.0 Å². The first-order chi connectivity index (χ1) is 7.65. The lowest BCUT2D eigenvalue weighted by Gasteiger charge is -2.12. The number of hydrogen-bond donors (Lipinski definition) is 1. The quantitative estimate of drug-likeness (QED) is 0.808. The Kier molecular flexibility index (Phi) is 2.66. The van der Waals surface area contributed by atoms with Crippen LogP contribution in [0.15, 0.2) is 18.6 Å². The number of nitrogens with zero attached hydrogens (tertiary/aromatic N) is 4. The SMILES string of the molecule is COc1cnn(C)c1C(O)c1nccn1C. The minimum absolute atomic E-state index is 0.554. The summed E-state index contributed by atoms with van der Waals surface area (Å²) in [6.07, 6.45) is 4.15. The van der Waals surface area contributed by atoms with Gasteiger partial charge in [0, 0.05) is 26.5 Å². The van der Waals surface area contributed by atoms with Crippen molar-refractivity contribution in [3.63, 3.8) is 0 Å². The summed E-state index contributed by atoms with van der Waals surface area (Å²) in [4.78, 5) is 4.10. The van der Waals surface area contributed by atoms with Gasteiger partial charge in [-0.3, -0.25) is 4.68 Å². The van der Waals surface area contributed by atoms with Crippen molar-refractivity contribution in [2.75, 3.05) is 7.11 Å². The van der Waals surface area contributed by atoms with E-state index < -0.39 is 6.10 Å². The minimum atomic E-state index is -0.845. The van der Waals surface area contributed by atoms with Gasteiger partial charge in [-0.1, -0.05) is 0 Å². The second kappa shape index (κ2) is 3.97. The standard InChI is InChI=1S/C10H14N4O2/c1-13-5-4-11-10(13)9(15)8-7(16-3)6-12-14(8)2/h4-6,9,15H,1-3H3. The number of ether oxygens (including phenoxy) is 1. The molecule has 0 bridgehead atoms. The molecule has 1 unspecified atom stereocenters. The molecule has 16 heavy (non-hydrogen) atoms. The second-order valence-corrected chi connectivity index (χ2v) is 3.52. The van der Waals surface area contributed by atoms with Gasteiger partial charge in [-0.25, -0.2) is 4.98 Å². The van der Waals surface area contributed by atoms with E-state index in [4.69, 9.17) is 4.74 Å². The fraction of sp³-hybridized carbons (Fsp3) is 0.400. The van der Waals surface area contributed by atoms with Gasteiger partial charge in [-0.05, 0) is 0 Å². The van der Waals surface area contributed by atoms with Crippen molar-refractivity contribution in [2.24, 2.45) is 14.1 Å². The minimum Gasteiger partial charge on any atom is -0.493 e. The molecule has 2 aromatic heterocycles. The van der Waals surface area contributed by atoms with Gasteiger partial charge >= 0.3 is 0 Å². The zero-order valence-electron chi connectivity index (χ0n) is 9.45. The zero-order valence-corrected chi connectivity index (χ0v) is 9.45. The predicted octanol–water partition coefficient (Wildman–Crippen LogP) is 0.244. The Morgan fingerprint density at radius 2 is 2.19 bits per heavy atom. The number of aliphatic hydroxyl groups excluding tert-OH is 1. The summed E-state index contributed by atoms with van der Waals surface area (Å²) >= 11 is 0. The van der Waals surface area contributed by atoms with Crippen LogP contribution < -0.4 is 4.74 Å². The Morgan fingerprint density at radius 3 is 2.75 bits per heavy atom. The van der Waals surface area contributed by atoms with Crippen LogP contribution in [0.4, 0.5) is 0 Å². The highest BCUT2D eigenvalue weighted by Crippen LogP contribution is 2.27. The smallest absolute Gasteiger partial charge is 0.163 e. The van der Waals surface area contributed by atoms with Gasteiger partial charge in [0.2, 0.25) is 0 Å². The second-order valence-electron chi connectivity index (χ2n) is 3.52. The molecule has 1 N–H and O–H groups in total. The van der Waals surface area contributed by atoms with Gasteiger partial charge < -0.3 is 14.4 Å². The van der Waals surface area contributed by atoms with Gasteiger partial charge in [0.15, 0.2) is 11.9 Å². The number of aliphatic hydroxyl groups is 1. The molecule has 2 heterocycles. The molecule has 0 spiro atoms. The molecule has 0 aromatic carbocycles. The normalized spacial score (nSPS) is 12.8. The van der Waals surface area contributed by atoms with Gasteiger partial charge in [0.05, 0.1) is 13.3 Å². The summed E-state index contributed by atoms with van der Waals surface area (Å²) in [7, 11) is 5.13. The summed E-state index contributed by atoms with van der Waals surface area (Å²) in [6.45, 7) is 0. The Balaban J connectivity index is 2.44. The molecule has 0 saturated heterocycles. The third kappa shape index (κ3) is 1.57. The molecule has 0 saturated carbocycles. The molecule has 0 radical (unpaired) electrons. The van der Waals surface area contributed by atoms with E-state index in [0.717, 1.165) is 0 Å². The van der Waals surface area contributed by atoms with E-state index in [0.29, 0.717) is 17.3 Å². The van der Waals surface area contributed by atoms with Crippen LogP contribution in [-0.4, -0.2) is 31.5 Å². The van der Waals surface area contributed by atoms with Crippen LogP contribution in [0.2, 0.25) is 0 Å². The van der Waals surface area contributed by atoms with Gasteiger partial charge in [-0.2, -0.15) is 5.10 Å². The lowest BCUT2D eigenvalue weighted by Crippen LogP contribution is -2.12. The van der Waals surface area contributed by atoms with Crippen LogP contribution in [0.1, 0.15) is 17.6 Å². The lowest BCUT2D eigenvalue weighted by atomic mass is 10.2. The molecule has 6 nitrogen and oxygen atoms in total. The first-order valence-electron chi connectivity index (χ1n) is 4.86. The molecule has 2 aromatic rings. The molecular weight excluding hydrogens is 208 g/mol. The Labute approximate surface area is 93.1 Å². The number of rotatable bonds is 3. The van der Waals surface area contributed by atoms with Gasteiger partial charge in [0.25, 0.3) is 0 Å². The summed E-state index contributed by atoms with van der Waals surface area (Å²) < 4.78 is 8.49. The fourth-order valence-corrected chi connectivity index (χ4v) is 1.66. The first-order valence-corrected chi connectivity index (χ1v) is 4.86. The highest BCUT2D eigenvalue weighted by Gasteiger charge is 2.22. The topological polar surface area (TPSA) is 65.1 Å². The summed E-state index contributed by atoms with van der Waals surface area (Å²) in [5, 5.41) is 14.3.